The predicted molar refractivity (Wildman–Crippen MR) is 138 cm³/mol. The summed E-state index contributed by atoms with van der Waals surface area (Å²) in [6.45, 7) is 7.41. The van der Waals surface area contributed by atoms with Gasteiger partial charge in [-0.3, -0.25) is 0 Å². The first-order valence-electron chi connectivity index (χ1n) is 12.6. The van der Waals surface area contributed by atoms with Crippen LogP contribution in [0.2, 0.25) is 4.34 Å². The van der Waals surface area contributed by atoms with Crippen molar-refractivity contribution in [3.63, 3.8) is 0 Å². The van der Waals surface area contributed by atoms with E-state index in [1.165, 1.54) is 24.2 Å². The maximum absolute atomic E-state index is 11.1. The Kier molecular flexibility index (Phi) is 10.4. The molecule has 8 heteroatoms. The minimum Gasteiger partial charge on any atom is -0.550 e. The third-order valence-corrected chi connectivity index (χ3v) is 8.76. The number of anilines is 1. The number of carbonyl (C=O) groups is 1. The molecular weight excluding hydrogens is 491 g/mol. The Hall–Kier alpha value is -0.790. The van der Waals surface area contributed by atoms with Crippen molar-refractivity contribution in [3.8, 4) is 17.0 Å². The molecule has 0 bridgehead atoms. The van der Waals surface area contributed by atoms with Crippen LogP contribution in [0.25, 0.3) is 11.3 Å². The van der Waals surface area contributed by atoms with Gasteiger partial charge in [0, 0.05) is 30.5 Å². The Morgan fingerprint density at radius 1 is 1.11 bits per heavy atom. The Morgan fingerprint density at radius 3 is 2.31 bits per heavy atom. The van der Waals surface area contributed by atoms with Crippen LogP contribution in [0.1, 0.15) is 78.6 Å². The number of ether oxygens (including phenoxy) is 1. The number of thiazole rings is 1. The summed E-state index contributed by atoms with van der Waals surface area (Å²) in [6.07, 6.45) is 9.37. The Labute approximate surface area is 240 Å². The number of rotatable bonds is 8. The molecule has 0 saturated heterocycles. The van der Waals surface area contributed by atoms with Gasteiger partial charge >= 0.3 is 29.6 Å². The first-order chi connectivity index (χ1) is 16.2. The number of aromatic nitrogens is 1. The quantitative estimate of drug-likeness (QED) is 0.494. The van der Waals surface area contributed by atoms with E-state index in [2.05, 4.69) is 25.7 Å². The summed E-state index contributed by atoms with van der Waals surface area (Å²) in [7, 11) is 0. The van der Waals surface area contributed by atoms with Crippen molar-refractivity contribution < 1.29 is 44.2 Å². The normalized spacial score (nSPS) is 20.9. The van der Waals surface area contributed by atoms with Crippen molar-refractivity contribution in [1.29, 1.82) is 0 Å². The standard InChI is InChI=1S/C27H37ClN2O3S.Na/c1-27(2,3)19-10-14-22(15-11-19)33-21-12-8-18(9-13-21)24-25(28)34-26(29-24)30(17-16-23(31)32)20-6-4-5-7-20;/h8-9,12-13,19-20,22H,4-7,10-11,14-17H2,1-3H3,(H,31,32);/q;+1/p-1/t19-,22-;. The second kappa shape index (κ2) is 12.6. The molecule has 2 fully saturated rings. The van der Waals surface area contributed by atoms with Crippen LogP contribution < -0.4 is 44.3 Å². The Bertz CT molecular complexity index is 962. The number of carboxylic acids is 1. The number of nitrogens with zero attached hydrogens (tertiary/aromatic N) is 2. The monoisotopic (exact) mass is 526 g/mol. The van der Waals surface area contributed by atoms with E-state index >= 15 is 0 Å². The smallest absolute Gasteiger partial charge is 0.550 e. The van der Waals surface area contributed by atoms with Crippen LogP contribution in [-0.4, -0.2) is 29.6 Å². The second-order valence-corrected chi connectivity index (χ2v) is 12.4. The van der Waals surface area contributed by atoms with Gasteiger partial charge in [0.05, 0.1) is 6.10 Å². The van der Waals surface area contributed by atoms with Gasteiger partial charge in [-0.25, -0.2) is 4.98 Å². The molecule has 4 rings (SSSR count). The molecule has 0 spiro atoms. The van der Waals surface area contributed by atoms with E-state index in [0.717, 1.165) is 66.6 Å². The molecule has 1 aromatic heterocycles. The molecule has 2 aliphatic carbocycles. The van der Waals surface area contributed by atoms with Crippen molar-refractivity contribution in [2.75, 3.05) is 11.4 Å². The minimum absolute atomic E-state index is 0. The summed E-state index contributed by atoms with van der Waals surface area (Å²) in [5, 5.41) is 11.9. The van der Waals surface area contributed by atoms with Crippen molar-refractivity contribution in [2.24, 2.45) is 11.3 Å². The van der Waals surface area contributed by atoms with E-state index in [1.807, 2.05) is 24.3 Å². The second-order valence-electron chi connectivity index (χ2n) is 10.9. The van der Waals surface area contributed by atoms with Gasteiger partial charge in [0.2, 0.25) is 0 Å². The summed E-state index contributed by atoms with van der Waals surface area (Å²) >= 11 is 8.03. The van der Waals surface area contributed by atoms with Gasteiger partial charge in [-0.15, -0.1) is 0 Å². The molecule has 0 N–H and O–H groups in total. The van der Waals surface area contributed by atoms with E-state index in [9.17, 15) is 9.90 Å². The molecule has 2 saturated carbocycles. The summed E-state index contributed by atoms with van der Waals surface area (Å²) in [4.78, 5) is 18.0. The SMILES string of the molecule is CC(C)(C)[C@H]1CC[C@H](Oc2ccc(-c3nc(N(CCC(=O)[O-])C4CCCC4)sc3Cl)cc2)CC1.[Na+]. The van der Waals surface area contributed by atoms with Gasteiger partial charge in [0.25, 0.3) is 0 Å². The van der Waals surface area contributed by atoms with Gasteiger partial charge in [-0.1, -0.05) is 56.6 Å². The Morgan fingerprint density at radius 2 is 1.74 bits per heavy atom. The van der Waals surface area contributed by atoms with Crippen LogP contribution >= 0.6 is 22.9 Å². The number of hydrogen-bond acceptors (Lipinski definition) is 6. The maximum Gasteiger partial charge on any atom is 1.00 e. The summed E-state index contributed by atoms with van der Waals surface area (Å²) < 4.78 is 6.91. The zero-order chi connectivity index (χ0) is 24.3. The van der Waals surface area contributed by atoms with E-state index in [4.69, 9.17) is 21.3 Å². The topological polar surface area (TPSA) is 65.5 Å². The fourth-order valence-corrected chi connectivity index (χ4v) is 6.66. The van der Waals surface area contributed by atoms with Gasteiger partial charge in [0.15, 0.2) is 5.13 Å². The molecule has 1 aromatic carbocycles. The van der Waals surface area contributed by atoms with Crippen LogP contribution in [-0.2, 0) is 4.79 Å². The average molecular weight is 527 g/mol. The third kappa shape index (κ3) is 7.61. The molecule has 35 heavy (non-hydrogen) atoms. The first-order valence-corrected chi connectivity index (χ1v) is 13.8. The molecule has 0 amide bonds. The molecule has 2 aliphatic rings. The van der Waals surface area contributed by atoms with Crippen molar-refractivity contribution in [2.45, 2.75) is 90.7 Å². The molecule has 0 aliphatic heterocycles. The van der Waals surface area contributed by atoms with E-state index < -0.39 is 5.97 Å². The number of aliphatic carboxylic acids is 1. The van der Waals surface area contributed by atoms with Gasteiger partial charge in [0.1, 0.15) is 15.8 Å². The zero-order valence-electron chi connectivity index (χ0n) is 21.5. The maximum atomic E-state index is 11.1. The number of hydrogen-bond donors (Lipinski definition) is 0. The van der Waals surface area contributed by atoms with Crippen LogP contribution in [0.15, 0.2) is 24.3 Å². The molecule has 0 radical (unpaired) electrons. The molecule has 1 heterocycles. The molecule has 0 atom stereocenters. The summed E-state index contributed by atoms with van der Waals surface area (Å²) in [5.41, 5.74) is 2.06. The van der Waals surface area contributed by atoms with Crippen LogP contribution in [0.4, 0.5) is 5.13 Å². The number of carbonyl (C=O) groups excluding carboxylic acids is 1. The minimum atomic E-state index is -1.03. The summed E-state index contributed by atoms with van der Waals surface area (Å²) in [6, 6.07) is 8.36. The van der Waals surface area contributed by atoms with Crippen molar-refractivity contribution in [3.05, 3.63) is 28.6 Å². The number of halogens is 1. The van der Waals surface area contributed by atoms with Crippen molar-refractivity contribution >= 4 is 34.0 Å². The summed E-state index contributed by atoms with van der Waals surface area (Å²) in [5.74, 6) is 0.621. The fraction of sp³-hybridized carbons (Fsp3) is 0.630. The zero-order valence-corrected chi connectivity index (χ0v) is 25.1. The molecule has 186 valence electrons. The van der Waals surface area contributed by atoms with Gasteiger partial charge in [-0.05, 0) is 74.1 Å². The molecule has 5 nitrogen and oxygen atoms in total. The van der Waals surface area contributed by atoms with Crippen LogP contribution in [0, 0.1) is 11.3 Å². The molecule has 2 aromatic rings. The van der Waals surface area contributed by atoms with Gasteiger partial charge < -0.3 is 19.5 Å². The average Bonchev–Trinajstić information content (AvgIpc) is 3.45. The number of carboxylic acid groups (broad SMARTS) is 1. The van der Waals surface area contributed by atoms with Crippen LogP contribution in [0.5, 0.6) is 5.75 Å². The van der Waals surface area contributed by atoms with Crippen LogP contribution in [0.3, 0.4) is 0 Å². The third-order valence-electron chi connectivity index (χ3n) is 7.47. The largest absolute Gasteiger partial charge is 1.00 e. The predicted octanol–water partition coefficient (Wildman–Crippen LogP) is 3.34. The fourth-order valence-electron chi connectivity index (χ4n) is 5.38. The molecular formula is C27H36ClN2NaO3S. The first kappa shape index (κ1) is 28.8. The Balaban J connectivity index is 0.00000342. The van der Waals surface area contributed by atoms with Crippen molar-refractivity contribution in [1.82, 2.24) is 4.98 Å². The van der Waals surface area contributed by atoms with E-state index in [0.29, 0.717) is 22.3 Å². The van der Waals surface area contributed by atoms with E-state index in [-0.39, 0.29) is 42.1 Å². The number of benzene rings is 1. The molecule has 0 unspecified atom stereocenters. The van der Waals surface area contributed by atoms with E-state index in [1.54, 1.807) is 0 Å². The van der Waals surface area contributed by atoms with Gasteiger partial charge in [-0.2, -0.15) is 0 Å².